The van der Waals surface area contributed by atoms with Crippen molar-refractivity contribution in [2.45, 2.75) is 18.9 Å². The predicted octanol–water partition coefficient (Wildman–Crippen LogP) is 2.05. The largest absolute Gasteiger partial charge is 0.383 e. The normalized spacial score (nSPS) is 19.9. The minimum atomic E-state index is -0.0159. The SMILES string of the molecule is COCC(Nc1cccc(N2CCNC2=O)c1)C1CC1. The van der Waals surface area contributed by atoms with E-state index in [0.717, 1.165) is 24.5 Å². The van der Waals surface area contributed by atoms with Gasteiger partial charge in [0.1, 0.15) is 0 Å². The Labute approximate surface area is 119 Å². The van der Waals surface area contributed by atoms with Crippen molar-refractivity contribution in [2.24, 2.45) is 5.92 Å². The van der Waals surface area contributed by atoms with E-state index in [9.17, 15) is 4.79 Å². The predicted molar refractivity (Wildman–Crippen MR) is 79.2 cm³/mol. The lowest BCUT2D eigenvalue weighted by atomic mass is 10.1. The molecule has 0 radical (unpaired) electrons. The number of benzene rings is 1. The monoisotopic (exact) mass is 275 g/mol. The molecule has 2 aliphatic rings. The van der Waals surface area contributed by atoms with Crippen LogP contribution in [0.2, 0.25) is 0 Å². The maximum absolute atomic E-state index is 11.7. The first kappa shape index (κ1) is 13.2. The zero-order valence-electron chi connectivity index (χ0n) is 11.8. The van der Waals surface area contributed by atoms with Gasteiger partial charge in [-0.3, -0.25) is 4.90 Å². The van der Waals surface area contributed by atoms with Gasteiger partial charge in [0.05, 0.1) is 12.6 Å². The second-order valence-corrected chi connectivity index (χ2v) is 5.48. The van der Waals surface area contributed by atoms with Crippen LogP contribution in [0.25, 0.3) is 0 Å². The van der Waals surface area contributed by atoms with Gasteiger partial charge in [-0.05, 0) is 37.0 Å². The number of nitrogens with one attached hydrogen (secondary N) is 2. The Bertz CT molecular complexity index is 488. The molecule has 1 atom stereocenters. The Balaban J connectivity index is 1.71. The number of ether oxygens (including phenoxy) is 1. The fraction of sp³-hybridized carbons (Fsp3) is 0.533. The molecule has 0 spiro atoms. The molecule has 20 heavy (non-hydrogen) atoms. The fourth-order valence-electron chi connectivity index (χ4n) is 2.67. The summed E-state index contributed by atoms with van der Waals surface area (Å²) in [7, 11) is 1.74. The molecule has 2 fully saturated rings. The molecule has 5 nitrogen and oxygen atoms in total. The first-order chi connectivity index (χ1) is 9.78. The van der Waals surface area contributed by atoms with E-state index in [1.807, 2.05) is 24.3 Å². The number of anilines is 2. The molecular formula is C15H21N3O2. The summed E-state index contributed by atoms with van der Waals surface area (Å²) < 4.78 is 5.29. The minimum Gasteiger partial charge on any atom is -0.383 e. The fourth-order valence-corrected chi connectivity index (χ4v) is 2.67. The van der Waals surface area contributed by atoms with Crippen LogP contribution >= 0.6 is 0 Å². The molecule has 1 aliphatic heterocycles. The Kier molecular flexibility index (Phi) is 3.78. The van der Waals surface area contributed by atoms with E-state index < -0.39 is 0 Å². The molecule has 1 aliphatic carbocycles. The summed E-state index contributed by atoms with van der Waals surface area (Å²) in [5.41, 5.74) is 1.99. The van der Waals surface area contributed by atoms with Crippen LogP contribution in [0.15, 0.2) is 24.3 Å². The molecule has 1 heterocycles. The quantitative estimate of drug-likeness (QED) is 0.835. The maximum atomic E-state index is 11.7. The van der Waals surface area contributed by atoms with Crippen LogP contribution in [-0.4, -0.2) is 38.9 Å². The second-order valence-electron chi connectivity index (χ2n) is 5.48. The van der Waals surface area contributed by atoms with Crippen molar-refractivity contribution in [1.29, 1.82) is 0 Å². The molecule has 1 saturated heterocycles. The molecule has 5 heteroatoms. The Morgan fingerprint density at radius 1 is 1.50 bits per heavy atom. The average molecular weight is 275 g/mol. The van der Waals surface area contributed by atoms with Gasteiger partial charge in [0.15, 0.2) is 0 Å². The van der Waals surface area contributed by atoms with Crippen molar-refractivity contribution in [3.05, 3.63) is 24.3 Å². The second kappa shape index (κ2) is 5.71. The number of urea groups is 1. The van der Waals surface area contributed by atoms with Crippen LogP contribution in [0.5, 0.6) is 0 Å². The smallest absolute Gasteiger partial charge is 0.321 e. The Hall–Kier alpha value is -1.75. The molecule has 108 valence electrons. The highest BCUT2D eigenvalue weighted by molar-refractivity contribution is 5.94. The van der Waals surface area contributed by atoms with Crippen LogP contribution < -0.4 is 15.5 Å². The van der Waals surface area contributed by atoms with Crippen molar-refractivity contribution >= 4 is 17.4 Å². The maximum Gasteiger partial charge on any atom is 0.321 e. The van der Waals surface area contributed by atoms with Gasteiger partial charge in [-0.15, -0.1) is 0 Å². The van der Waals surface area contributed by atoms with Gasteiger partial charge in [-0.1, -0.05) is 6.07 Å². The van der Waals surface area contributed by atoms with Gasteiger partial charge in [0, 0.05) is 31.6 Å². The molecule has 1 aromatic rings. The van der Waals surface area contributed by atoms with E-state index in [-0.39, 0.29) is 6.03 Å². The molecule has 2 N–H and O–H groups in total. The van der Waals surface area contributed by atoms with Crippen LogP contribution in [0.3, 0.4) is 0 Å². The summed E-state index contributed by atoms with van der Waals surface area (Å²) in [6, 6.07) is 8.39. The van der Waals surface area contributed by atoms with Crippen molar-refractivity contribution in [2.75, 3.05) is 37.0 Å². The summed E-state index contributed by atoms with van der Waals surface area (Å²) in [5, 5.41) is 6.36. The van der Waals surface area contributed by atoms with E-state index in [1.165, 1.54) is 12.8 Å². The van der Waals surface area contributed by atoms with Gasteiger partial charge in [0.2, 0.25) is 0 Å². The van der Waals surface area contributed by atoms with Gasteiger partial charge < -0.3 is 15.4 Å². The van der Waals surface area contributed by atoms with E-state index in [2.05, 4.69) is 10.6 Å². The van der Waals surface area contributed by atoms with E-state index in [0.29, 0.717) is 18.5 Å². The van der Waals surface area contributed by atoms with Crippen LogP contribution in [-0.2, 0) is 4.74 Å². The number of rotatable bonds is 6. The third-order valence-electron chi connectivity index (χ3n) is 3.90. The van der Waals surface area contributed by atoms with Crippen LogP contribution in [0.4, 0.5) is 16.2 Å². The number of nitrogens with zero attached hydrogens (tertiary/aromatic N) is 1. The summed E-state index contributed by atoms with van der Waals surface area (Å²) in [6.07, 6.45) is 2.55. The lowest BCUT2D eigenvalue weighted by Crippen LogP contribution is -2.29. The Morgan fingerprint density at radius 2 is 2.35 bits per heavy atom. The molecule has 1 saturated carbocycles. The van der Waals surface area contributed by atoms with Crippen molar-refractivity contribution in [1.82, 2.24) is 5.32 Å². The number of carbonyl (C=O) groups excluding carboxylic acids is 1. The Morgan fingerprint density at radius 3 is 3.00 bits per heavy atom. The zero-order valence-corrected chi connectivity index (χ0v) is 11.8. The van der Waals surface area contributed by atoms with Gasteiger partial charge >= 0.3 is 6.03 Å². The zero-order chi connectivity index (χ0) is 13.9. The third-order valence-corrected chi connectivity index (χ3v) is 3.90. The lowest BCUT2D eigenvalue weighted by Gasteiger charge is -2.20. The highest BCUT2D eigenvalue weighted by atomic mass is 16.5. The molecular weight excluding hydrogens is 254 g/mol. The van der Waals surface area contributed by atoms with E-state index >= 15 is 0 Å². The molecule has 2 amide bonds. The summed E-state index contributed by atoms with van der Waals surface area (Å²) >= 11 is 0. The number of hydrogen-bond donors (Lipinski definition) is 2. The standard InChI is InChI=1S/C15H21N3O2/c1-20-10-14(11-5-6-11)17-12-3-2-4-13(9-12)18-8-7-16-15(18)19/h2-4,9,11,14,17H,5-8,10H2,1H3,(H,16,19). The van der Waals surface area contributed by atoms with Crippen molar-refractivity contribution in [3.63, 3.8) is 0 Å². The van der Waals surface area contributed by atoms with Crippen LogP contribution in [0, 0.1) is 5.92 Å². The number of methoxy groups -OCH3 is 1. The van der Waals surface area contributed by atoms with Crippen molar-refractivity contribution < 1.29 is 9.53 Å². The average Bonchev–Trinajstić information content (AvgIpc) is 3.21. The molecule has 0 aromatic heterocycles. The highest BCUT2D eigenvalue weighted by Crippen LogP contribution is 2.34. The van der Waals surface area contributed by atoms with Gasteiger partial charge in [0.25, 0.3) is 0 Å². The highest BCUT2D eigenvalue weighted by Gasteiger charge is 2.31. The van der Waals surface area contributed by atoms with E-state index in [4.69, 9.17) is 4.74 Å². The number of hydrogen-bond acceptors (Lipinski definition) is 3. The summed E-state index contributed by atoms with van der Waals surface area (Å²) in [6.45, 7) is 2.16. The number of amides is 2. The topological polar surface area (TPSA) is 53.6 Å². The molecule has 1 aromatic carbocycles. The molecule has 0 bridgehead atoms. The van der Waals surface area contributed by atoms with E-state index in [1.54, 1.807) is 12.0 Å². The van der Waals surface area contributed by atoms with Gasteiger partial charge in [-0.2, -0.15) is 0 Å². The minimum absolute atomic E-state index is 0.0159. The summed E-state index contributed by atoms with van der Waals surface area (Å²) in [5.74, 6) is 0.716. The first-order valence-electron chi connectivity index (χ1n) is 7.19. The molecule has 3 rings (SSSR count). The van der Waals surface area contributed by atoms with Crippen molar-refractivity contribution in [3.8, 4) is 0 Å². The third kappa shape index (κ3) is 2.88. The van der Waals surface area contributed by atoms with Gasteiger partial charge in [-0.25, -0.2) is 4.79 Å². The van der Waals surface area contributed by atoms with Crippen LogP contribution in [0.1, 0.15) is 12.8 Å². The summed E-state index contributed by atoms with van der Waals surface area (Å²) in [4.78, 5) is 13.5. The number of carbonyl (C=O) groups is 1. The molecule has 1 unspecified atom stereocenters. The lowest BCUT2D eigenvalue weighted by molar-refractivity contribution is 0.179. The first-order valence-corrected chi connectivity index (χ1v) is 7.19.